The second-order valence-electron chi connectivity index (χ2n) is 6.51. The second kappa shape index (κ2) is 8.99. The van der Waals surface area contributed by atoms with E-state index in [-0.39, 0.29) is 0 Å². The largest absolute Gasteiger partial charge is 0.296 e. The van der Waals surface area contributed by atoms with Crippen molar-refractivity contribution in [3.05, 3.63) is 76.3 Å². The Labute approximate surface area is 159 Å². The molecule has 26 heavy (non-hydrogen) atoms. The number of hydroxylamine groups is 1. The number of hydrogen-bond acceptors (Lipinski definition) is 3. The number of halogens is 1. The van der Waals surface area contributed by atoms with E-state index in [0.717, 1.165) is 36.5 Å². The van der Waals surface area contributed by atoms with Crippen LogP contribution in [0.5, 0.6) is 0 Å². The number of amides is 1. The van der Waals surface area contributed by atoms with Crippen LogP contribution in [0, 0.1) is 0 Å². The van der Waals surface area contributed by atoms with Crippen molar-refractivity contribution in [2.75, 3.05) is 13.1 Å². The van der Waals surface area contributed by atoms with E-state index < -0.39 is 5.91 Å². The molecule has 0 spiro atoms. The molecule has 1 unspecified atom stereocenters. The van der Waals surface area contributed by atoms with Gasteiger partial charge in [-0.1, -0.05) is 54.1 Å². The summed E-state index contributed by atoms with van der Waals surface area (Å²) in [5.74, 6) is -0.532. The standard InChI is InChI=1S/C21H23ClN2O2/c22-19-5-2-1-4-17(19)13-15-24-14-3-6-20(24)18-10-7-16(8-11-18)9-12-21(25)23-26/h1-2,4-5,7-12,20,26H,3,6,13-15H2,(H,23,25)/b12-9+. The SMILES string of the molecule is O=C(/C=C/c1ccc(C2CCCN2CCc2ccccc2Cl)cc1)NO. The average Bonchev–Trinajstić information content (AvgIpc) is 3.14. The molecule has 1 aliphatic heterocycles. The van der Waals surface area contributed by atoms with Crippen molar-refractivity contribution in [1.29, 1.82) is 0 Å². The summed E-state index contributed by atoms with van der Waals surface area (Å²) in [6.45, 7) is 2.10. The third kappa shape index (κ3) is 4.73. The average molecular weight is 371 g/mol. The van der Waals surface area contributed by atoms with Gasteiger partial charge in [0.25, 0.3) is 5.91 Å². The van der Waals surface area contributed by atoms with Crippen LogP contribution >= 0.6 is 11.6 Å². The second-order valence-corrected chi connectivity index (χ2v) is 6.92. The summed E-state index contributed by atoms with van der Waals surface area (Å²) >= 11 is 6.27. The van der Waals surface area contributed by atoms with E-state index in [1.54, 1.807) is 11.6 Å². The Morgan fingerprint density at radius 2 is 2.00 bits per heavy atom. The van der Waals surface area contributed by atoms with Gasteiger partial charge in [-0.15, -0.1) is 0 Å². The first-order chi connectivity index (χ1) is 12.7. The maximum absolute atomic E-state index is 11.1. The van der Waals surface area contributed by atoms with Crippen molar-refractivity contribution in [2.45, 2.75) is 25.3 Å². The fourth-order valence-corrected chi connectivity index (χ4v) is 3.71. The summed E-state index contributed by atoms with van der Waals surface area (Å²) in [6.07, 6.45) is 6.29. The summed E-state index contributed by atoms with van der Waals surface area (Å²) in [7, 11) is 0. The Morgan fingerprint density at radius 1 is 1.23 bits per heavy atom. The smallest absolute Gasteiger partial charge is 0.267 e. The summed E-state index contributed by atoms with van der Waals surface area (Å²) in [5.41, 5.74) is 5.01. The molecule has 0 radical (unpaired) electrons. The third-order valence-electron chi connectivity index (χ3n) is 4.85. The van der Waals surface area contributed by atoms with Crippen molar-refractivity contribution >= 4 is 23.6 Å². The highest BCUT2D eigenvalue weighted by Crippen LogP contribution is 2.32. The lowest BCUT2D eigenvalue weighted by Crippen LogP contribution is -2.25. The van der Waals surface area contributed by atoms with Crippen LogP contribution in [0.4, 0.5) is 0 Å². The molecule has 0 saturated carbocycles. The molecule has 1 saturated heterocycles. The van der Waals surface area contributed by atoms with Crippen LogP contribution < -0.4 is 5.48 Å². The van der Waals surface area contributed by atoms with Gasteiger partial charge in [0.05, 0.1) is 0 Å². The molecule has 0 aliphatic carbocycles. The number of likely N-dealkylation sites (tertiary alicyclic amines) is 1. The molecular weight excluding hydrogens is 348 g/mol. The van der Waals surface area contributed by atoms with Crippen LogP contribution in [0.15, 0.2) is 54.6 Å². The summed E-state index contributed by atoms with van der Waals surface area (Å²) in [4.78, 5) is 13.6. The highest BCUT2D eigenvalue weighted by atomic mass is 35.5. The Bertz CT molecular complexity index is 774. The van der Waals surface area contributed by atoms with Crippen molar-refractivity contribution in [1.82, 2.24) is 10.4 Å². The van der Waals surface area contributed by atoms with Gasteiger partial charge in [0, 0.05) is 23.7 Å². The number of carbonyl (C=O) groups excluding carboxylic acids is 1. The topological polar surface area (TPSA) is 52.6 Å². The highest BCUT2D eigenvalue weighted by molar-refractivity contribution is 6.31. The molecule has 1 atom stereocenters. The summed E-state index contributed by atoms with van der Waals surface area (Å²) in [6, 6.07) is 16.7. The van der Waals surface area contributed by atoms with Crippen molar-refractivity contribution < 1.29 is 10.0 Å². The van der Waals surface area contributed by atoms with Gasteiger partial charge in [-0.3, -0.25) is 14.9 Å². The van der Waals surface area contributed by atoms with Crippen LogP contribution in [0.1, 0.15) is 35.6 Å². The fourth-order valence-electron chi connectivity index (χ4n) is 3.47. The van der Waals surface area contributed by atoms with E-state index in [9.17, 15) is 4.79 Å². The zero-order valence-electron chi connectivity index (χ0n) is 14.6. The maximum atomic E-state index is 11.1. The van der Waals surface area contributed by atoms with Gasteiger partial charge in [-0.2, -0.15) is 0 Å². The molecule has 5 heteroatoms. The molecule has 2 aromatic carbocycles. The predicted octanol–water partition coefficient (Wildman–Crippen LogP) is 4.24. The summed E-state index contributed by atoms with van der Waals surface area (Å²) < 4.78 is 0. The van der Waals surface area contributed by atoms with Crippen LogP contribution in [0.2, 0.25) is 5.02 Å². The molecule has 1 heterocycles. The molecular formula is C21H23ClN2O2. The molecule has 0 aromatic heterocycles. The number of carbonyl (C=O) groups is 1. The number of nitrogens with zero attached hydrogens (tertiary/aromatic N) is 1. The van der Waals surface area contributed by atoms with E-state index in [1.807, 2.05) is 30.3 Å². The summed E-state index contributed by atoms with van der Waals surface area (Å²) in [5, 5.41) is 9.35. The van der Waals surface area contributed by atoms with Crippen LogP contribution in [0.3, 0.4) is 0 Å². The van der Waals surface area contributed by atoms with Gasteiger partial charge in [0.15, 0.2) is 0 Å². The minimum atomic E-state index is -0.532. The zero-order valence-corrected chi connectivity index (χ0v) is 15.3. The zero-order chi connectivity index (χ0) is 18.4. The fraction of sp³-hybridized carbons (Fsp3) is 0.286. The van der Waals surface area contributed by atoms with Gasteiger partial charge in [0.1, 0.15) is 0 Å². The van der Waals surface area contributed by atoms with Crippen LogP contribution in [-0.2, 0) is 11.2 Å². The minimum absolute atomic E-state index is 0.427. The molecule has 4 nitrogen and oxygen atoms in total. The van der Waals surface area contributed by atoms with E-state index in [1.165, 1.54) is 23.6 Å². The maximum Gasteiger partial charge on any atom is 0.267 e. The van der Waals surface area contributed by atoms with Crippen molar-refractivity contribution in [3.63, 3.8) is 0 Å². The van der Waals surface area contributed by atoms with Gasteiger partial charge >= 0.3 is 0 Å². The van der Waals surface area contributed by atoms with E-state index in [4.69, 9.17) is 16.8 Å². The first-order valence-electron chi connectivity index (χ1n) is 8.87. The Morgan fingerprint density at radius 3 is 2.73 bits per heavy atom. The molecule has 2 aromatic rings. The quantitative estimate of drug-likeness (QED) is 0.454. The normalized spacial score (nSPS) is 17.7. The van der Waals surface area contributed by atoms with Crippen LogP contribution in [0.25, 0.3) is 6.08 Å². The Balaban J connectivity index is 1.63. The van der Waals surface area contributed by atoms with Crippen molar-refractivity contribution in [2.24, 2.45) is 0 Å². The molecule has 1 amide bonds. The Hall–Kier alpha value is -2.14. The predicted molar refractivity (Wildman–Crippen MR) is 104 cm³/mol. The molecule has 1 fully saturated rings. The number of hydrogen-bond donors (Lipinski definition) is 2. The van der Waals surface area contributed by atoms with Gasteiger partial charge in [0.2, 0.25) is 0 Å². The molecule has 0 bridgehead atoms. The monoisotopic (exact) mass is 370 g/mol. The number of nitrogens with one attached hydrogen (secondary N) is 1. The first kappa shape index (κ1) is 18.6. The van der Waals surface area contributed by atoms with Crippen LogP contribution in [-0.4, -0.2) is 29.1 Å². The van der Waals surface area contributed by atoms with Gasteiger partial charge in [-0.25, -0.2) is 5.48 Å². The van der Waals surface area contributed by atoms with E-state index in [0.29, 0.717) is 6.04 Å². The molecule has 3 rings (SSSR count). The minimum Gasteiger partial charge on any atom is -0.296 e. The third-order valence-corrected chi connectivity index (χ3v) is 5.22. The van der Waals surface area contributed by atoms with E-state index in [2.05, 4.69) is 23.1 Å². The Kier molecular flexibility index (Phi) is 6.45. The molecule has 2 N–H and O–H groups in total. The molecule has 136 valence electrons. The lowest BCUT2D eigenvalue weighted by Gasteiger charge is -2.25. The first-order valence-corrected chi connectivity index (χ1v) is 9.25. The van der Waals surface area contributed by atoms with Gasteiger partial charge in [-0.05, 0) is 54.6 Å². The number of rotatable bonds is 6. The lowest BCUT2D eigenvalue weighted by atomic mass is 10.0. The van der Waals surface area contributed by atoms with Gasteiger partial charge < -0.3 is 0 Å². The molecule has 1 aliphatic rings. The van der Waals surface area contributed by atoms with Crippen molar-refractivity contribution in [3.8, 4) is 0 Å². The van der Waals surface area contributed by atoms with E-state index >= 15 is 0 Å². The number of benzene rings is 2. The highest BCUT2D eigenvalue weighted by Gasteiger charge is 2.25. The lowest BCUT2D eigenvalue weighted by molar-refractivity contribution is -0.124.